The maximum absolute atomic E-state index is 2.30. The van der Waals surface area contributed by atoms with Crippen LogP contribution in [0.5, 0.6) is 0 Å². The summed E-state index contributed by atoms with van der Waals surface area (Å²) in [6, 6.07) is 19.9. The molecule has 0 atom stereocenters. The summed E-state index contributed by atoms with van der Waals surface area (Å²) in [5.74, 6) is 0. The summed E-state index contributed by atoms with van der Waals surface area (Å²) in [6.45, 7) is 8.93. The third-order valence-electron chi connectivity index (χ3n) is 4.09. The lowest BCUT2D eigenvalue weighted by atomic mass is 9.86. The molecule has 0 unspecified atom stereocenters. The van der Waals surface area contributed by atoms with Crippen molar-refractivity contribution < 1.29 is 0 Å². The van der Waals surface area contributed by atoms with Gasteiger partial charge in [0.25, 0.3) is 0 Å². The largest absolute Gasteiger partial charge is 0.143 e. The zero-order valence-electron chi connectivity index (χ0n) is 13.7. The Morgan fingerprint density at radius 3 is 2.14 bits per heavy atom. The van der Waals surface area contributed by atoms with Gasteiger partial charge in [-0.1, -0.05) is 69.3 Å². The van der Waals surface area contributed by atoms with E-state index >= 15 is 0 Å². The average Bonchev–Trinajstić information content (AvgIpc) is 2.96. The van der Waals surface area contributed by atoms with Gasteiger partial charge in [-0.3, -0.25) is 0 Å². The van der Waals surface area contributed by atoms with Gasteiger partial charge < -0.3 is 0 Å². The number of aryl methyl sites for hydroxylation is 1. The molecule has 3 rings (SSSR count). The zero-order valence-corrected chi connectivity index (χ0v) is 14.5. The van der Waals surface area contributed by atoms with Crippen LogP contribution in [0, 0.1) is 6.92 Å². The molecule has 0 saturated heterocycles. The van der Waals surface area contributed by atoms with Gasteiger partial charge in [0.05, 0.1) is 0 Å². The first-order chi connectivity index (χ1) is 10.4. The highest BCUT2D eigenvalue weighted by atomic mass is 32.1. The Bertz CT molecular complexity index is 770. The van der Waals surface area contributed by atoms with Crippen LogP contribution in [0.2, 0.25) is 0 Å². The van der Waals surface area contributed by atoms with Crippen molar-refractivity contribution in [1.82, 2.24) is 0 Å². The molecule has 0 aliphatic rings. The van der Waals surface area contributed by atoms with E-state index < -0.39 is 0 Å². The normalized spacial score (nSPS) is 11.6. The molecule has 0 N–H and O–H groups in total. The predicted molar refractivity (Wildman–Crippen MR) is 98.6 cm³/mol. The van der Waals surface area contributed by atoms with Crippen LogP contribution in [0.3, 0.4) is 0 Å². The molecule has 3 aromatic rings. The fraction of sp³-hybridized carbons (Fsp3) is 0.238. The summed E-state index contributed by atoms with van der Waals surface area (Å²) in [7, 11) is 0. The molecular formula is C21H22S. The molecule has 112 valence electrons. The highest BCUT2D eigenvalue weighted by molar-refractivity contribution is 7.14. The monoisotopic (exact) mass is 306 g/mol. The van der Waals surface area contributed by atoms with E-state index in [0.717, 1.165) is 0 Å². The Balaban J connectivity index is 1.93. The van der Waals surface area contributed by atoms with Crippen molar-refractivity contribution in [2.24, 2.45) is 0 Å². The molecule has 0 nitrogen and oxygen atoms in total. The molecule has 0 radical (unpaired) electrons. The Kier molecular flexibility index (Phi) is 3.92. The van der Waals surface area contributed by atoms with Crippen LogP contribution in [0.4, 0.5) is 0 Å². The van der Waals surface area contributed by atoms with E-state index in [1.807, 2.05) is 11.3 Å². The van der Waals surface area contributed by atoms with Crippen molar-refractivity contribution in [3.05, 3.63) is 71.1 Å². The minimum absolute atomic E-state index is 0.208. The van der Waals surface area contributed by atoms with Crippen LogP contribution < -0.4 is 0 Å². The maximum Gasteiger partial charge on any atom is 0.0351 e. The van der Waals surface area contributed by atoms with E-state index in [-0.39, 0.29) is 5.41 Å². The first-order valence-corrected chi connectivity index (χ1v) is 8.58. The topological polar surface area (TPSA) is 0 Å². The smallest absolute Gasteiger partial charge is 0.0351 e. The molecule has 1 aromatic heterocycles. The van der Waals surface area contributed by atoms with Gasteiger partial charge in [0, 0.05) is 4.88 Å². The number of thiophene rings is 1. The van der Waals surface area contributed by atoms with Crippen molar-refractivity contribution >= 4 is 11.3 Å². The number of hydrogen-bond acceptors (Lipinski definition) is 1. The molecule has 0 aliphatic carbocycles. The summed E-state index contributed by atoms with van der Waals surface area (Å²) in [5, 5.41) is 2.26. The molecule has 0 aliphatic heterocycles. The van der Waals surface area contributed by atoms with Gasteiger partial charge in [-0.25, -0.2) is 0 Å². The van der Waals surface area contributed by atoms with Crippen LogP contribution in [0.1, 0.15) is 31.9 Å². The first kappa shape index (κ1) is 15.1. The second-order valence-corrected chi connectivity index (χ2v) is 7.75. The van der Waals surface area contributed by atoms with Crippen LogP contribution in [0.15, 0.2) is 60.0 Å². The summed E-state index contributed by atoms with van der Waals surface area (Å²) in [6.07, 6.45) is 0. The van der Waals surface area contributed by atoms with Gasteiger partial charge in [0.1, 0.15) is 0 Å². The highest BCUT2D eigenvalue weighted by Gasteiger charge is 2.13. The van der Waals surface area contributed by atoms with Gasteiger partial charge >= 0.3 is 0 Å². The third kappa shape index (κ3) is 3.00. The standard InChI is InChI=1S/C21H22S/c1-15-7-5-6-8-19(15)20-13-17(14-22-20)16-9-11-18(12-10-16)21(2,3)4/h5-14H,1-4H3. The lowest BCUT2D eigenvalue weighted by Crippen LogP contribution is -2.10. The Morgan fingerprint density at radius 2 is 1.50 bits per heavy atom. The highest BCUT2D eigenvalue weighted by Crippen LogP contribution is 2.34. The molecule has 1 heterocycles. The Morgan fingerprint density at radius 1 is 0.818 bits per heavy atom. The molecule has 0 saturated carbocycles. The minimum atomic E-state index is 0.208. The van der Waals surface area contributed by atoms with Crippen molar-refractivity contribution in [1.29, 1.82) is 0 Å². The second kappa shape index (κ2) is 5.73. The molecular weight excluding hydrogens is 284 g/mol. The minimum Gasteiger partial charge on any atom is -0.143 e. The maximum atomic E-state index is 2.30. The molecule has 0 fully saturated rings. The number of rotatable bonds is 2. The van der Waals surface area contributed by atoms with Crippen molar-refractivity contribution in [3.8, 4) is 21.6 Å². The van der Waals surface area contributed by atoms with Gasteiger partial charge in [0.2, 0.25) is 0 Å². The van der Waals surface area contributed by atoms with Gasteiger partial charge in [0.15, 0.2) is 0 Å². The SMILES string of the molecule is Cc1ccccc1-c1cc(-c2ccc(C(C)(C)C)cc2)cs1. The van der Waals surface area contributed by atoms with Gasteiger partial charge in [-0.05, 0) is 51.6 Å². The fourth-order valence-electron chi connectivity index (χ4n) is 2.64. The predicted octanol–water partition coefficient (Wildman–Crippen LogP) is 6.69. The molecule has 22 heavy (non-hydrogen) atoms. The van der Waals surface area contributed by atoms with E-state index in [9.17, 15) is 0 Å². The van der Waals surface area contributed by atoms with E-state index in [1.165, 1.54) is 32.7 Å². The molecule has 1 heteroatoms. The van der Waals surface area contributed by atoms with Crippen molar-refractivity contribution in [2.45, 2.75) is 33.1 Å². The second-order valence-electron chi connectivity index (χ2n) is 6.84. The van der Waals surface area contributed by atoms with Crippen molar-refractivity contribution in [2.75, 3.05) is 0 Å². The summed E-state index contributed by atoms with van der Waals surface area (Å²) in [5.41, 5.74) is 6.86. The Hall–Kier alpha value is -1.86. The summed E-state index contributed by atoms with van der Waals surface area (Å²) in [4.78, 5) is 1.34. The van der Waals surface area contributed by atoms with E-state index in [0.29, 0.717) is 0 Å². The van der Waals surface area contributed by atoms with Crippen LogP contribution in [0.25, 0.3) is 21.6 Å². The van der Waals surface area contributed by atoms with Crippen LogP contribution in [-0.2, 0) is 5.41 Å². The summed E-state index contributed by atoms with van der Waals surface area (Å²) < 4.78 is 0. The molecule has 0 bridgehead atoms. The third-order valence-corrected chi connectivity index (χ3v) is 5.06. The van der Waals surface area contributed by atoms with Crippen molar-refractivity contribution in [3.63, 3.8) is 0 Å². The molecule has 0 spiro atoms. The quantitative estimate of drug-likeness (QED) is 0.495. The zero-order chi connectivity index (χ0) is 15.7. The Labute approximate surface area is 137 Å². The number of benzene rings is 2. The fourth-order valence-corrected chi connectivity index (χ4v) is 3.65. The molecule has 2 aromatic carbocycles. The number of hydrogen-bond donors (Lipinski definition) is 0. The van der Waals surface area contributed by atoms with Crippen LogP contribution in [-0.4, -0.2) is 0 Å². The van der Waals surface area contributed by atoms with Gasteiger partial charge in [-0.2, -0.15) is 0 Å². The molecule has 0 amide bonds. The lowest BCUT2D eigenvalue weighted by molar-refractivity contribution is 0.590. The lowest BCUT2D eigenvalue weighted by Gasteiger charge is -2.19. The van der Waals surface area contributed by atoms with E-state index in [4.69, 9.17) is 0 Å². The first-order valence-electron chi connectivity index (χ1n) is 7.70. The van der Waals surface area contributed by atoms with Crippen LogP contribution >= 0.6 is 11.3 Å². The average molecular weight is 306 g/mol. The van der Waals surface area contributed by atoms with E-state index in [1.54, 1.807) is 0 Å². The van der Waals surface area contributed by atoms with Gasteiger partial charge in [-0.15, -0.1) is 11.3 Å². The van der Waals surface area contributed by atoms with E-state index in [2.05, 4.69) is 87.7 Å². The summed E-state index contributed by atoms with van der Waals surface area (Å²) >= 11 is 1.82.